The van der Waals surface area contributed by atoms with Crippen LogP contribution in [0.4, 0.5) is 0 Å². The maximum Gasteiger partial charge on any atom is 0.339 e. The Morgan fingerprint density at radius 1 is 1.24 bits per heavy atom. The van der Waals surface area contributed by atoms with Crippen molar-refractivity contribution in [2.75, 3.05) is 0 Å². The Bertz CT molecular complexity index is 569. The van der Waals surface area contributed by atoms with Crippen LogP contribution in [0, 0.1) is 20.8 Å². The summed E-state index contributed by atoms with van der Waals surface area (Å²) in [7, 11) is 0. The summed E-state index contributed by atoms with van der Waals surface area (Å²) in [5, 5.41) is 13.0. The summed E-state index contributed by atoms with van der Waals surface area (Å²) in [6.45, 7) is 5.35. The van der Waals surface area contributed by atoms with E-state index in [0.717, 1.165) is 11.4 Å². The van der Waals surface area contributed by atoms with Crippen molar-refractivity contribution in [2.45, 2.75) is 20.8 Å². The van der Waals surface area contributed by atoms with E-state index in [1.807, 2.05) is 19.9 Å². The summed E-state index contributed by atoms with van der Waals surface area (Å²) in [6, 6.07) is 1.85. The van der Waals surface area contributed by atoms with Crippen LogP contribution in [0.2, 0.25) is 0 Å². The Hall–Kier alpha value is -2.24. The number of nitrogens with zero attached hydrogens (tertiary/aromatic N) is 4. The number of hydrogen-bond donors (Lipinski definition) is 1. The van der Waals surface area contributed by atoms with Crippen LogP contribution < -0.4 is 0 Å². The van der Waals surface area contributed by atoms with Gasteiger partial charge in [-0.1, -0.05) is 0 Å². The molecule has 0 aliphatic heterocycles. The number of carbonyl (C=O) groups is 1. The van der Waals surface area contributed by atoms with E-state index in [2.05, 4.69) is 15.1 Å². The van der Waals surface area contributed by atoms with Crippen molar-refractivity contribution >= 4 is 5.97 Å². The minimum Gasteiger partial charge on any atom is -0.478 e. The first-order valence-corrected chi connectivity index (χ1v) is 5.09. The summed E-state index contributed by atoms with van der Waals surface area (Å²) in [4.78, 5) is 19.3. The SMILES string of the molecule is Cc1cc(C)nc(-n2cc(C(=O)O)c(C)n2)n1. The molecule has 0 radical (unpaired) electrons. The van der Waals surface area contributed by atoms with Gasteiger partial charge >= 0.3 is 5.97 Å². The first kappa shape index (κ1) is 11.3. The molecule has 17 heavy (non-hydrogen) atoms. The predicted octanol–water partition coefficient (Wildman–Crippen LogP) is 1.29. The van der Waals surface area contributed by atoms with Gasteiger partial charge in [-0.3, -0.25) is 0 Å². The van der Waals surface area contributed by atoms with Crippen molar-refractivity contribution in [2.24, 2.45) is 0 Å². The summed E-state index contributed by atoms with van der Waals surface area (Å²) >= 11 is 0. The summed E-state index contributed by atoms with van der Waals surface area (Å²) in [5.41, 5.74) is 2.24. The molecule has 1 N–H and O–H groups in total. The highest BCUT2D eigenvalue weighted by atomic mass is 16.4. The van der Waals surface area contributed by atoms with E-state index in [0.29, 0.717) is 11.6 Å². The molecule has 0 spiro atoms. The van der Waals surface area contributed by atoms with Crippen LogP contribution in [0.5, 0.6) is 0 Å². The lowest BCUT2D eigenvalue weighted by atomic mass is 10.3. The minimum absolute atomic E-state index is 0.160. The predicted molar refractivity (Wildman–Crippen MR) is 60.3 cm³/mol. The molecule has 0 amide bonds. The lowest BCUT2D eigenvalue weighted by Gasteiger charge is -2.01. The molecule has 0 unspecified atom stereocenters. The van der Waals surface area contributed by atoms with Gasteiger partial charge in [-0.05, 0) is 26.8 Å². The molecule has 2 rings (SSSR count). The number of hydrogen-bond acceptors (Lipinski definition) is 4. The molecule has 0 atom stereocenters. The Balaban J connectivity index is 2.53. The van der Waals surface area contributed by atoms with E-state index in [1.54, 1.807) is 6.92 Å². The highest BCUT2D eigenvalue weighted by Crippen LogP contribution is 2.10. The quantitative estimate of drug-likeness (QED) is 0.843. The monoisotopic (exact) mass is 232 g/mol. The normalized spacial score (nSPS) is 10.5. The van der Waals surface area contributed by atoms with Crippen LogP contribution in [0.15, 0.2) is 12.3 Å². The molecule has 0 aromatic carbocycles. The molecular weight excluding hydrogens is 220 g/mol. The Morgan fingerprint density at radius 2 is 1.82 bits per heavy atom. The zero-order valence-corrected chi connectivity index (χ0v) is 9.80. The Labute approximate surface area is 98.0 Å². The van der Waals surface area contributed by atoms with E-state index in [-0.39, 0.29) is 5.56 Å². The highest BCUT2D eigenvalue weighted by molar-refractivity contribution is 5.88. The van der Waals surface area contributed by atoms with Crippen LogP contribution in [-0.2, 0) is 0 Å². The van der Waals surface area contributed by atoms with Gasteiger partial charge in [-0.25, -0.2) is 19.4 Å². The van der Waals surface area contributed by atoms with Gasteiger partial charge in [0.15, 0.2) is 0 Å². The average Bonchev–Trinajstić information content (AvgIpc) is 2.59. The molecule has 0 bridgehead atoms. The molecule has 6 heteroatoms. The van der Waals surface area contributed by atoms with Gasteiger partial charge in [0.2, 0.25) is 0 Å². The van der Waals surface area contributed by atoms with Gasteiger partial charge in [-0.15, -0.1) is 0 Å². The highest BCUT2D eigenvalue weighted by Gasteiger charge is 2.14. The van der Waals surface area contributed by atoms with Gasteiger partial charge in [0.25, 0.3) is 5.95 Å². The molecule has 0 saturated carbocycles. The number of aryl methyl sites for hydroxylation is 3. The van der Waals surface area contributed by atoms with Crippen molar-refractivity contribution in [3.63, 3.8) is 0 Å². The van der Waals surface area contributed by atoms with E-state index < -0.39 is 5.97 Å². The number of aromatic nitrogens is 4. The first-order valence-electron chi connectivity index (χ1n) is 5.09. The molecule has 0 aliphatic rings. The van der Waals surface area contributed by atoms with Crippen LogP contribution in [0.1, 0.15) is 27.4 Å². The number of carboxylic acids is 1. The van der Waals surface area contributed by atoms with Crippen LogP contribution in [0.3, 0.4) is 0 Å². The summed E-state index contributed by atoms with van der Waals surface area (Å²) < 4.78 is 1.39. The van der Waals surface area contributed by atoms with Crippen molar-refractivity contribution in [1.29, 1.82) is 0 Å². The second-order valence-corrected chi connectivity index (χ2v) is 3.83. The smallest absolute Gasteiger partial charge is 0.339 e. The van der Waals surface area contributed by atoms with Crippen molar-refractivity contribution in [3.05, 3.63) is 34.9 Å². The molecule has 0 saturated heterocycles. The van der Waals surface area contributed by atoms with Crippen LogP contribution in [0.25, 0.3) is 5.95 Å². The van der Waals surface area contributed by atoms with Crippen molar-refractivity contribution in [1.82, 2.24) is 19.7 Å². The average molecular weight is 232 g/mol. The second kappa shape index (κ2) is 3.97. The molecule has 0 aliphatic carbocycles. The maximum absolute atomic E-state index is 10.9. The third kappa shape index (κ3) is 2.15. The van der Waals surface area contributed by atoms with Crippen molar-refractivity contribution in [3.8, 4) is 5.95 Å². The third-order valence-electron chi connectivity index (χ3n) is 2.30. The number of carboxylic acid groups (broad SMARTS) is 1. The van der Waals surface area contributed by atoms with Gasteiger partial charge < -0.3 is 5.11 Å². The zero-order valence-electron chi connectivity index (χ0n) is 9.80. The Morgan fingerprint density at radius 3 is 2.29 bits per heavy atom. The Kier molecular flexibility index (Phi) is 2.63. The fourth-order valence-corrected chi connectivity index (χ4v) is 1.58. The van der Waals surface area contributed by atoms with E-state index in [1.165, 1.54) is 10.9 Å². The first-order chi connectivity index (χ1) is 7.97. The zero-order chi connectivity index (χ0) is 12.6. The lowest BCUT2D eigenvalue weighted by Crippen LogP contribution is -2.04. The fraction of sp³-hybridized carbons (Fsp3) is 0.273. The molecule has 2 heterocycles. The summed E-state index contributed by atoms with van der Waals surface area (Å²) in [6.07, 6.45) is 1.42. The van der Waals surface area contributed by atoms with E-state index >= 15 is 0 Å². The van der Waals surface area contributed by atoms with Gasteiger partial charge in [-0.2, -0.15) is 5.10 Å². The number of rotatable bonds is 2. The second-order valence-electron chi connectivity index (χ2n) is 3.83. The standard InChI is InChI=1S/C11H12N4O2/c1-6-4-7(2)13-11(12-6)15-5-9(10(16)17)8(3)14-15/h4-5H,1-3H3,(H,16,17). The summed E-state index contributed by atoms with van der Waals surface area (Å²) in [5.74, 6) is -0.615. The maximum atomic E-state index is 10.9. The lowest BCUT2D eigenvalue weighted by molar-refractivity contribution is 0.0696. The molecular formula is C11H12N4O2. The molecule has 2 aromatic heterocycles. The minimum atomic E-state index is -1.00. The molecule has 0 fully saturated rings. The number of aromatic carboxylic acids is 1. The van der Waals surface area contributed by atoms with E-state index in [9.17, 15) is 4.79 Å². The van der Waals surface area contributed by atoms with Crippen LogP contribution >= 0.6 is 0 Å². The largest absolute Gasteiger partial charge is 0.478 e. The van der Waals surface area contributed by atoms with Crippen molar-refractivity contribution < 1.29 is 9.90 Å². The third-order valence-corrected chi connectivity index (χ3v) is 2.30. The van der Waals surface area contributed by atoms with E-state index in [4.69, 9.17) is 5.11 Å². The molecule has 6 nitrogen and oxygen atoms in total. The fourth-order valence-electron chi connectivity index (χ4n) is 1.58. The van der Waals surface area contributed by atoms with Crippen LogP contribution in [-0.4, -0.2) is 30.8 Å². The topological polar surface area (TPSA) is 80.9 Å². The molecule has 2 aromatic rings. The van der Waals surface area contributed by atoms with Gasteiger partial charge in [0.1, 0.15) is 5.56 Å². The van der Waals surface area contributed by atoms with Gasteiger partial charge in [0, 0.05) is 17.6 Å². The molecule has 88 valence electrons. The van der Waals surface area contributed by atoms with Gasteiger partial charge in [0.05, 0.1) is 5.69 Å².